The molecule has 1 unspecified atom stereocenters. The molecule has 1 atom stereocenters. The first-order valence-corrected chi connectivity index (χ1v) is 11.2. The zero-order chi connectivity index (χ0) is 23.8. The number of carbonyl (C=O) groups excluding carboxylic acids is 5. The maximum Gasteiger partial charge on any atom is 0.305 e. The maximum atomic E-state index is 12.7. The van der Waals surface area contributed by atoms with E-state index in [1.165, 1.54) is 12.0 Å². The van der Waals surface area contributed by atoms with Crippen molar-refractivity contribution in [2.24, 2.45) is 0 Å². The first kappa shape index (κ1) is 24.2. The van der Waals surface area contributed by atoms with E-state index in [0.29, 0.717) is 30.6 Å². The standard InChI is InChI=1S/C23H30N4O6/c1-33-21(30)6-4-2-3-5-11-24-20(29)13-25-16-7-8-17-15(12-16)14-27(23(17)32)18-9-10-19(28)26-22(18)31/h7-8,12,18,25H,2-6,9-11,13-14H2,1H3,(H,24,29)(H,26,28,31). The number of carbonyl (C=O) groups is 5. The fraction of sp³-hybridized carbons (Fsp3) is 0.522. The number of esters is 1. The Hall–Kier alpha value is -3.43. The Morgan fingerprint density at radius 3 is 2.70 bits per heavy atom. The summed E-state index contributed by atoms with van der Waals surface area (Å²) in [7, 11) is 1.38. The Bertz CT molecular complexity index is 932. The molecule has 178 valence electrons. The van der Waals surface area contributed by atoms with Gasteiger partial charge in [0.1, 0.15) is 6.04 Å². The smallest absolute Gasteiger partial charge is 0.305 e. The molecule has 0 aliphatic carbocycles. The molecule has 3 N–H and O–H groups in total. The third-order valence-electron chi connectivity index (χ3n) is 5.83. The highest BCUT2D eigenvalue weighted by Gasteiger charge is 2.39. The molecular weight excluding hydrogens is 428 g/mol. The summed E-state index contributed by atoms with van der Waals surface area (Å²) in [4.78, 5) is 60.8. The summed E-state index contributed by atoms with van der Waals surface area (Å²) in [5, 5.41) is 8.20. The van der Waals surface area contributed by atoms with Crippen molar-refractivity contribution in [3.05, 3.63) is 29.3 Å². The summed E-state index contributed by atoms with van der Waals surface area (Å²) in [6.45, 7) is 0.961. The maximum absolute atomic E-state index is 12.7. The van der Waals surface area contributed by atoms with E-state index >= 15 is 0 Å². The number of hydrogen-bond donors (Lipinski definition) is 3. The summed E-state index contributed by atoms with van der Waals surface area (Å²) in [6.07, 6.45) is 4.41. The fourth-order valence-corrected chi connectivity index (χ4v) is 4.01. The molecule has 2 aliphatic rings. The zero-order valence-corrected chi connectivity index (χ0v) is 18.8. The minimum Gasteiger partial charge on any atom is -0.469 e. The van der Waals surface area contributed by atoms with Crippen LogP contribution in [0.15, 0.2) is 18.2 Å². The van der Waals surface area contributed by atoms with E-state index in [9.17, 15) is 24.0 Å². The second kappa shape index (κ2) is 11.4. The van der Waals surface area contributed by atoms with Gasteiger partial charge in [-0.2, -0.15) is 0 Å². The normalized spacial score (nSPS) is 17.4. The molecule has 10 heteroatoms. The lowest BCUT2D eigenvalue weighted by Gasteiger charge is -2.29. The Balaban J connectivity index is 1.39. The van der Waals surface area contributed by atoms with Gasteiger partial charge in [0, 0.05) is 37.2 Å². The first-order valence-electron chi connectivity index (χ1n) is 11.2. The molecule has 0 saturated carbocycles. The number of unbranched alkanes of at least 4 members (excludes halogenated alkanes) is 3. The number of rotatable bonds is 11. The number of ether oxygens (including phenoxy) is 1. The zero-order valence-electron chi connectivity index (χ0n) is 18.8. The average Bonchev–Trinajstić information content (AvgIpc) is 3.12. The predicted molar refractivity (Wildman–Crippen MR) is 119 cm³/mol. The van der Waals surface area contributed by atoms with Crippen LogP contribution in [0.5, 0.6) is 0 Å². The number of anilines is 1. The second-order valence-electron chi connectivity index (χ2n) is 8.22. The van der Waals surface area contributed by atoms with Crippen LogP contribution in [0.1, 0.15) is 60.9 Å². The van der Waals surface area contributed by atoms with Gasteiger partial charge in [-0.05, 0) is 43.0 Å². The number of nitrogens with one attached hydrogen (secondary N) is 3. The van der Waals surface area contributed by atoms with Crippen LogP contribution in [0.3, 0.4) is 0 Å². The van der Waals surface area contributed by atoms with Crippen LogP contribution in [-0.4, -0.2) is 60.7 Å². The van der Waals surface area contributed by atoms with Crippen LogP contribution in [0.4, 0.5) is 5.69 Å². The van der Waals surface area contributed by atoms with E-state index in [1.54, 1.807) is 12.1 Å². The molecule has 2 aliphatic heterocycles. The van der Waals surface area contributed by atoms with Crippen LogP contribution >= 0.6 is 0 Å². The number of imide groups is 1. The molecule has 0 aromatic heterocycles. The van der Waals surface area contributed by atoms with Gasteiger partial charge in [0.25, 0.3) is 5.91 Å². The molecule has 0 bridgehead atoms. The predicted octanol–water partition coefficient (Wildman–Crippen LogP) is 1.10. The minimum absolute atomic E-state index is 0.103. The SMILES string of the molecule is COC(=O)CCCCCCNC(=O)CNc1ccc2c(c1)CN(C1CCC(=O)NC1=O)C2=O. The van der Waals surface area contributed by atoms with Crippen molar-refractivity contribution >= 4 is 35.3 Å². The number of fused-ring (bicyclic) bond motifs is 1. The van der Waals surface area contributed by atoms with Crippen LogP contribution in [0, 0.1) is 0 Å². The van der Waals surface area contributed by atoms with Crippen molar-refractivity contribution < 1.29 is 28.7 Å². The third kappa shape index (κ3) is 6.53. The van der Waals surface area contributed by atoms with E-state index < -0.39 is 11.9 Å². The van der Waals surface area contributed by atoms with E-state index in [-0.39, 0.29) is 43.2 Å². The summed E-state index contributed by atoms with van der Waals surface area (Å²) >= 11 is 0. The van der Waals surface area contributed by atoms with Gasteiger partial charge < -0.3 is 20.3 Å². The van der Waals surface area contributed by atoms with Crippen molar-refractivity contribution in [3.63, 3.8) is 0 Å². The number of hydrogen-bond acceptors (Lipinski definition) is 7. The summed E-state index contributed by atoms with van der Waals surface area (Å²) in [5.41, 5.74) is 2.02. The van der Waals surface area contributed by atoms with Crippen molar-refractivity contribution in [2.45, 2.75) is 57.5 Å². The number of amides is 4. The van der Waals surface area contributed by atoms with Gasteiger partial charge in [0.15, 0.2) is 0 Å². The molecule has 0 radical (unpaired) electrons. The number of methoxy groups -OCH3 is 1. The average molecular weight is 459 g/mol. The molecule has 10 nitrogen and oxygen atoms in total. The van der Waals surface area contributed by atoms with Gasteiger partial charge in [-0.3, -0.25) is 29.3 Å². The lowest BCUT2D eigenvalue weighted by Crippen LogP contribution is -2.52. The van der Waals surface area contributed by atoms with Crippen molar-refractivity contribution in [2.75, 3.05) is 25.5 Å². The Morgan fingerprint density at radius 1 is 1.15 bits per heavy atom. The van der Waals surface area contributed by atoms with Crippen LogP contribution in [0.25, 0.3) is 0 Å². The van der Waals surface area contributed by atoms with Crippen LogP contribution < -0.4 is 16.0 Å². The molecule has 3 rings (SSSR count). The molecular formula is C23H30N4O6. The highest BCUT2D eigenvalue weighted by Crippen LogP contribution is 2.29. The summed E-state index contributed by atoms with van der Waals surface area (Å²) < 4.78 is 4.59. The molecule has 1 saturated heterocycles. The van der Waals surface area contributed by atoms with Crippen molar-refractivity contribution in [3.8, 4) is 0 Å². The summed E-state index contributed by atoms with van der Waals surface area (Å²) in [5.74, 6) is -1.31. The van der Waals surface area contributed by atoms with E-state index in [1.807, 2.05) is 6.07 Å². The van der Waals surface area contributed by atoms with Gasteiger partial charge in [-0.15, -0.1) is 0 Å². The molecule has 33 heavy (non-hydrogen) atoms. The molecule has 4 amide bonds. The van der Waals surface area contributed by atoms with E-state index in [0.717, 1.165) is 31.2 Å². The molecule has 2 heterocycles. The Kier molecular flexibility index (Phi) is 8.39. The van der Waals surface area contributed by atoms with Crippen LogP contribution in [-0.2, 0) is 30.5 Å². The molecule has 1 aromatic rings. The van der Waals surface area contributed by atoms with E-state index in [4.69, 9.17) is 0 Å². The highest BCUT2D eigenvalue weighted by molar-refractivity contribution is 6.05. The molecule has 1 fully saturated rings. The Labute approximate surface area is 192 Å². The molecule has 0 spiro atoms. The Morgan fingerprint density at radius 2 is 1.94 bits per heavy atom. The number of piperidine rings is 1. The fourth-order valence-electron chi connectivity index (χ4n) is 4.01. The number of nitrogens with zero attached hydrogens (tertiary/aromatic N) is 1. The van der Waals surface area contributed by atoms with Gasteiger partial charge in [0.2, 0.25) is 17.7 Å². The monoisotopic (exact) mass is 458 g/mol. The summed E-state index contributed by atoms with van der Waals surface area (Å²) in [6, 6.07) is 4.59. The molecule has 1 aromatic carbocycles. The topological polar surface area (TPSA) is 134 Å². The van der Waals surface area contributed by atoms with Gasteiger partial charge in [-0.25, -0.2) is 0 Å². The van der Waals surface area contributed by atoms with Crippen LogP contribution in [0.2, 0.25) is 0 Å². The third-order valence-corrected chi connectivity index (χ3v) is 5.83. The quantitative estimate of drug-likeness (QED) is 0.257. The van der Waals surface area contributed by atoms with Gasteiger partial charge in [-0.1, -0.05) is 12.8 Å². The second-order valence-corrected chi connectivity index (χ2v) is 8.22. The van der Waals surface area contributed by atoms with Gasteiger partial charge >= 0.3 is 5.97 Å². The minimum atomic E-state index is -0.648. The van der Waals surface area contributed by atoms with Crippen molar-refractivity contribution in [1.29, 1.82) is 0 Å². The first-order chi connectivity index (χ1) is 15.9. The van der Waals surface area contributed by atoms with Gasteiger partial charge in [0.05, 0.1) is 13.7 Å². The lowest BCUT2D eigenvalue weighted by molar-refractivity contribution is -0.141. The largest absolute Gasteiger partial charge is 0.469 e. The number of benzene rings is 1. The lowest BCUT2D eigenvalue weighted by atomic mass is 10.0. The van der Waals surface area contributed by atoms with Crippen molar-refractivity contribution in [1.82, 2.24) is 15.5 Å². The van der Waals surface area contributed by atoms with E-state index in [2.05, 4.69) is 20.7 Å². The highest BCUT2D eigenvalue weighted by atomic mass is 16.5.